The van der Waals surface area contributed by atoms with Crippen molar-refractivity contribution in [3.8, 4) is 0 Å². The van der Waals surface area contributed by atoms with Crippen LogP contribution in [0, 0.1) is 11.3 Å². The first-order valence-corrected chi connectivity index (χ1v) is 12.8. The zero-order chi connectivity index (χ0) is 26.1. The Balaban J connectivity index is 1.69. The summed E-state index contributed by atoms with van der Waals surface area (Å²) in [6.45, 7) is 5.60. The molecule has 0 saturated carbocycles. The number of hydrogen-bond acceptors (Lipinski definition) is 4. The van der Waals surface area contributed by atoms with E-state index in [2.05, 4.69) is 5.32 Å². The molecule has 3 aliphatic heterocycles. The van der Waals surface area contributed by atoms with Gasteiger partial charge in [0.15, 0.2) is 11.6 Å². The smallest absolute Gasteiger partial charge is 0.238 e. The summed E-state index contributed by atoms with van der Waals surface area (Å²) in [6.07, 6.45) is 3.91. The van der Waals surface area contributed by atoms with Crippen LogP contribution < -0.4 is 10.2 Å². The van der Waals surface area contributed by atoms with E-state index in [1.165, 1.54) is 0 Å². The molecule has 0 aromatic heterocycles. The average Bonchev–Trinajstić information content (AvgIpc) is 3.35. The van der Waals surface area contributed by atoms with Gasteiger partial charge in [-0.1, -0.05) is 93.1 Å². The third-order valence-electron chi connectivity index (χ3n) is 7.94. The van der Waals surface area contributed by atoms with Gasteiger partial charge in [0.1, 0.15) is 11.5 Å². The molecule has 6 rings (SSSR count). The van der Waals surface area contributed by atoms with E-state index in [4.69, 9.17) is 11.6 Å². The zero-order valence-electron chi connectivity index (χ0n) is 20.9. The van der Waals surface area contributed by atoms with Crippen LogP contribution in [0.3, 0.4) is 0 Å². The van der Waals surface area contributed by atoms with Gasteiger partial charge in [-0.2, -0.15) is 0 Å². The third kappa shape index (κ3) is 3.27. The minimum atomic E-state index is -1.29. The molecule has 3 aliphatic rings. The van der Waals surface area contributed by atoms with E-state index in [-0.39, 0.29) is 17.5 Å². The van der Waals surface area contributed by atoms with Crippen LogP contribution in [-0.4, -0.2) is 29.6 Å². The van der Waals surface area contributed by atoms with Crippen molar-refractivity contribution in [2.75, 3.05) is 10.2 Å². The van der Waals surface area contributed by atoms with Crippen molar-refractivity contribution in [1.82, 2.24) is 0 Å². The summed E-state index contributed by atoms with van der Waals surface area (Å²) in [4.78, 5) is 45.0. The lowest BCUT2D eigenvalue weighted by Gasteiger charge is -2.38. The second-order valence-corrected chi connectivity index (χ2v) is 11.5. The Morgan fingerprint density at radius 2 is 1.68 bits per heavy atom. The summed E-state index contributed by atoms with van der Waals surface area (Å²) in [5.74, 6) is -1.50. The van der Waals surface area contributed by atoms with Gasteiger partial charge in [0.2, 0.25) is 5.91 Å². The second-order valence-electron chi connectivity index (χ2n) is 11.1. The molecule has 1 amide bonds. The molecular weight excluding hydrogens is 484 g/mol. The molecule has 37 heavy (non-hydrogen) atoms. The number of nitrogens with one attached hydrogen (secondary N) is 1. The van der Waals surface area contributed by atoms with Crippen molar-refractivity contribution >= 4 is 46.5 Å². The Kier molecular flexibility index (Phi) is 5.22. The SMILES string of the molecule is CC(C)(C)C(=O)[C@H]1[C@@H](C(=O)c2ccccc2)[C@]2(C(=O)Nc3ccccc32)[C@H]2C=Cc3cc(Cl)ccc3N12. The van der Waals surface area contributed by atoms with Gasteiger partial charge in [0.05, 0.1) is 12.0 Å². The molecule has 3 aromatic rings. The lowest BCUT2D eigenvalue weighted by atomic mass is 9.63. The molecule has 3 heterocycles. The number of amides is 1. The number of nitrogens with zero attached hydrogens (tertiary/aromatic N) is 1. The first-order valence-electron chi connectivity index (χ1n) is 12.5. The predicted octanol–water partition coefficient (Wildman–Crippen LogP) is 5.93. The van der Waals surface area contributed by atoms with Crippen molar-refractivity contribution in [3.05, 3.63) is 101 Å². The number of benzene rings is 3. The lowest BCUT2D eigenvalue weighted by molar-refractivity contribution is -0.128. The Morgan fingerprint density at radius 3 is 2.41 bits per heavy atom. The first-order chi connectivity index (χ1) is 17.7. The van der Waals surface area contributed by atoms with Crippen LogP contribution in [-0.2, 0) is 15.0 Å². The molecule has 186 valence electrons. The number of fused-ring (bicyclic) bond motifs is 6. The minimum Gasteiger partial charge on any atom is -0.352 e. The van der Waals surface area contributed by atoms with Crippen LogP contribution >= 0.6 is 11.6 Å². The summed E-state index contributed by atoms with van der Waals surface area (Å²) < 4.78 is 0. The van der Waals surface area contributed by atoms with E-state index in [0.717, 1.165) is 16.8 Å². The molecule has 3 aromatic carbocycles. The van der Waals surface area contributed by atoms with Gasteiger partial charge in [-0.15, -0.1) is 0 Å². The average molecular weight is 511 g/mol. The number of ketones is 2. The Labute approximate surface area is 221 Å². The van der Waals surface area contributed by atoms with Crippen molar-refractivity contribution in [1.29, 1.82) is 0 Å². The molecule has 1 saturated heterocycles. The summed E-state index contributed by atoms with van der Waals surface area (Å²) in [6, 6.07) is 20.6. The maximum atomic E-state index is 14.5. The van der Waals surface area contributed by atoms with Crippen molar-refractivity contribution in [2.45, 2.75) is 38.3 Å². The van der Waals surface area contributed by atoms with Crippen molar-refractivity contribution in [3.63, 3.8) is 0 Å². The Morgan fingerprint density at radius 1 is 0.973 bits per heavy atom. The van der Waals surface area contributed by atoms with Gasteiger partial charge in [-0.3, -0.25) is 14.4 Å². The number of Topliss-reactive ketones (excluding diaryl/α,β-unsaturated/α-hetero) is 2. The van der Waals surface area contributed by atoms with Gasteiger partial charge >= 0.3 is 0 Å². The molecular formula is C31H27ClN2O3. The maximum absolute atomic E-state index is 14.5. The van der Waals surface area contributed by atoms with E-state index in [1.807, 2.05) is 92.4 Å². The number of carbonyl (C=O) groups is 3. The number of carbonyl (C=O) groups excluding carboxylic acids is 3. The molecule has 6 heteroatoms. The van der Waals surface area contributed by atoms with Crippen LogP contribution in [0.5, 0.6) is 0 Å². The third-order valence-corrected chi connectivity index (χ3v) is 8.18. The summed E-state index contributed by atoms with van der Waals surface area (Å²) in [5, 5.41) is 3.63. The highest BCUT2D eigenvalue weighted by Gasteiger charge is 2.70. The predicted molar refractivity (Wildman–Crippen MR) is 146 cm³/mol. The number of halogens is 1. The highest BCUT2D eigenvalue weighted by atomic mass is 35.5. The Bertz CT molecular complexity index is 1490. The van der Waals surface area contributed by atoms with Gasteiger partial charge < -0.3 is 10.2 Å². The highest BCUT2D eigenvalue weighted by molar-refractivity contribution is 6.31. The molecule has 0 aliphatic carbocycles. The topological polar surface area (TPSA) is 66.5 Å². The first kappa shape index (κ1) is 23.7. The monoisotopic (exact) mass is 510 g/mol. The van der Waals surface area contributed by atoms with Crippen molar-refractivity contribution in [2.24, 2.45) is 11.3 Å². The zero-order valence-corrected chi connectivity index (χ0v) is 21.6. The highest BCUT2D eigenvalue weighted by Crippen LogP contribution is 2.58. The van der Waals surface area contributed by atoms with Crippen LogP contribution in [0.2, 0.25) is 5.02 Å². The normalized spacial score (nSPS) is 25.5. The molecule has 1 spiro atoms. The van der Waals surface area contributed by atoms with E-state index in [0.29, 0.717) is 16.3 Å². The lowest BCUT2D eigenvalue weighted by Crippen LogP contribution is -2.51. The fourth-order valence-electron chi connectivity index (χ4n) is 6.38. The maximum Gasteiger partial charge on any atom is 0.238 e. The van der Waals surface area contributed by atoms with Crippen LogP contribution in [0.25, 0.3) is 6.08 Å². The number of hydrogen-bond donors (Lipinski definition) is 1. The number of rotatable bonds is 3. The molecule has 1 fully saturated rings. The molecule has 0 bridgehead atoms. The molecule has 5 nitrogen and oxygen atoms in total. The molecule has 1 N–H and O–H groups in total. The summed E-state index contributed by atoms with van der Waals surface area (Å²) in [7, 11) is 0. The molecule has 0 radical (unpaired) electrons. The summed E-state index contributed by atoms with van der Waals surface area (Å²) >= 11 is 6.32. The van der Waals surface area contributed by atoms with E-state index < -0.39 is 28.8 Å². The minimum absolute atomic E-state index is 0.0861. The molecule has 0 unspecified atom stereocenters. The van der Waals surface area contributed by atoms with Gasteiger partial charge in [0, 0.05) is 27.4 Å². The van der Waals surface area contributed by atoms with Crippen LogP contribution in [0.1, 0.15) is 42.3 Å². The van der Waals surface area contributed by atoms with E-state index >= 15 is 0 Å². The summed E-state index contributed by atoms with van der Waals surface area (Å²) in [5.41, 5.74) is 1.51. The number of para-hydroxylation sites is 1. The van der Waals surface area contributed by atoms with Gasteiger partial charge in [-0.25, -0.2) is 0 Å². The fraction of sp³-hybridized carbons (Fsp3) is 0.258. The van der Waals surface area contributed by atoms with Crippen molar-refractivity contribution < 1.29 is 14.4 Å². The van der Waals surface area contributed by atoms with E-state index in [9.17, 15) is 14.4 Å². The van der Waals surface area contributed by atoms with Crippen LogP contribution in [0.4, 0.5) is 11.4 Å². The fourth-order valence-corrected chi connectivity index (χ4v) is 6.56. The molecule has 4 atom stereocenters. The standard InChI is InChI=1S/C31H27ClN2O3/c1-30(2,3)28(36)26-25(27(35)18-9-5-4-6-10-18)31(21-11-7-8-12-22(21)33-29(31)37)24-16-13-19-17-20(32)14-15-23(19)34(24)26/h4-17,24-26H,1-3H3,(H,33,37)/t24-,25+,26-,31-/m1/s1. The largest absolute Gasteiger partial charge is 0.352 e. The quantitative estimate of drug-likeness (QED) is 0.443. The number of anilines is 2. The van der Waals surface area contributed by atoms with Gasteiger partial charge in [0.25, 0.3) is 0 Å². The second kappa shape index (κ2) is 8.15. The van der Waals surface area contributed by atoms with E-state index in [1.54, 1.807) is 18.2 Å². The Hall–Kier alpha value is -3.70. The van der Waals surface area contributed by atoms with Crippen LogP contribution in [0.15, 0.2) is 78.9 Å². The van der Waals surface area contributed by atoms with Gasteiger partial charge in [-0.05, 0) is 35.4 Å².